The van der Waals surface area contributed by atoms with Crippen LogP contribution in [-0.4, -0.2) is 25.7 Å². The maximum Gasteiger partial charge on any atom is 0.251 e. The van der Waals surface area contributed by atoms with Gasteiger partial charge >= 0.3 is 0 Å². The Morgan fingerprint density at radius 2 is 2.04 bits per heavy atom. The standard InChI is InChI=1S/C23H27NO4/c1-6-7-15-12-16(8-10-20(15)27-5)22(25)24-19-14-23(2,3)28-21-11-9-17(26-4)13-18(19)21/h6,8-13,19H,1,7,14H2,2-5H3,(H,24,25)/t19-/m0/s1. The zero-order valence-electron chi connectivity index (χ0n) is 16.9. The number of hydrogen-bond donors (Lipinski definition) is 1. The molecular formula is C23H27NO4. The second-order valence-electron chi connectivity index (χ2n) is 7.52. The molecule has 148 valence electrons. The lowest BCUT2D eigenvalue weighted by atomic mass is 9.89. The van der Waals surface area contributed by atoms with Gasteiger partial charge < -0.3 is 19.5 Å². The largest absolute Gasteiger partial charge is 0.497 e. The second kappa shape index (κ2) is 7.97. The molecule has 0 fully saturated rings. The Bertz CT molecular complexity index is 888. The van der Waals surface area contributed by atoms with Crippen LogP contribution in [0.4, 0.5) is 0 Å². The predicted molar refractivity (Wildman–Crippen MR) is 109 cm³/mol. The topological polar surface area (TPSA) is 56.8 Å². The van der Waals surface area contributed by atoms with Crippen molar-refractivity contribution in [2.24, 2.45) is 0 Å². The molecule has 5 heteroatoms. The van der Waals surface area contributed by atoms with Crippen molar-refractivity contribution in [1.29, 1.82) is 0 Å². The van der Waals surface area contributed by atoms with Gasteiger partial charge in [-0.25, -0.2) is 0 Å². The van der Waals surface area contributed by atoms with Gasteiger partial charge in [0.25, 0.3) is 5.91 Å². The molecule has 0 radical (unpaired) electrons. The summed E-state index contributed by atoms with van der Waals surface area (Å²) < 4.78 is 16.8. The molecule has 28 heavy (non-hydrogen) atoms. The molecule has 1 aliphatic heterocycles. The Morgan fingerprint density at radius 1 is 1.25 bits per heavy atom. The normalized spacial score (nSPS) is 17.1. The Balaban J connectivity index is 1.89. The molecule has 2 aromatic carbocycles. The number of rotatable bonds is 6. The van der Waals surface area contributed by atoms with Gasteiger partial charge in [0.2, 0.25) is 0 Å². The predicted octanol–water partition coefficient (Wildman–Crippen LogP) is 4.46. The van der Waals surface area contributed by atoms with Gasteiger partial charge in [0, 0.05) is 17.5 Å². The number of ether oxygens (including phenoxy) is 3. The molecule has 2 aromatic rings. The minimum absolute atomic E-state index is 0.135. The number of carbonyl (C=O) groups excluding carboxylic acids is 1. The molecule has 0 saturated heterocycles. The summed E-state index contributed by atoms with van der Waals surface area (Å²) in [5, 5.41) is 3.16. The lowest BCUT2D eigenvalue weighted by Crippen LogP contribution is -2.41. The molecule has 5 nitrogen and oxygen atoms in total. The molecule has 0 aliphatic carbocycles. The lowest BCUT2D eigenvalue weighted by molar-refractivity contribution is 0.0618. The molecule has 0 unspecified atom stereocenters. The Morgan fingerprint density at radius 3 is 2.71 bits per heavy atom. The summed E-state index contributed by atoms with van der Waals surface area (Å²) in [6.45, 7) is 7.82. The quantitative estimate of drug-likeness (QED) is 0.751. The highest BCUT2D eigenvalue weighted by atomic mass is 16.5. The molecule has 1 aliphatic rings. The van der Waals surface area contributed by atoms with Crippen molar-refractivity contribution in [3.05, 3.63) is 65.7 Å². The van der Waals surface area contributed by atoms with E-state index in [1.54, 1.807) is 26.4 Å². The Hall–Kier alpha value is -2.95. The number of methoxy groups -OCH3 is 2. The van der Waals surface area contributed by atoms with Gasteiger partial charge in [0.1, 0.15) is 22.8 Å². The SMILES string of the molecule is C=CCc1cc(C(=O)N[C@H]2CC(C)(C)Oc3ccc(OC)cc32)ccc1OC. The minimum Gasteiger partial charge on any atom is -0.497 e. The molecule has 0 aromatic heterocycles. The van der Waals surface area contributed by atoms with E-state index >= 15 is 0 Å². The van der Waals surface area contributed by atoms with Crippen LogP contribution in [0.15, 0.2) is 49.1 Å². The maximum atomic E-state index is 13.0. The summed E-state index contributed by atoms with van der Waals surface area (Å²) in [6, 6.07) is 11.0. The molecule has 0 bridgehead atoms. The highest BCUT2D eigenvalue weighted by molar-refractivity contribution is 5.95. The summed E-state index contributed by atoms with van der Waals surface area (Å²) >= 11 is 0. The van der Waals surface area contributed by atoms with Crippen LogP contribution in [0.25, 0.3) is 0 Å². The van der Waals surface area contributed by atoms with E-state index in [0.29, 0.717) is 18.4 Å². The molecule has 0 saturated carbocycles. The molecule has 1 amide bonds. The van der Waals surface area contributed by atoms with Crippen molar-refractivity contribution in [2.45, 2.75) is 38.3 Å². The minimum atomic E-state index is -0.382. The van der Waals surface area contributed by atoms with Crippen LogP contribution >= 0.6 is 0 Å². The van der Waals surface area contributed by atoms with Crippen LogP contribution in [0.3, 0.4) is 0 Å². The number of benzene rings is 2. The van der Waals surface area contributed by atoms with Gasteiger partial charge in [-0.2, -0.15) is 0 Å². The first-order chi connectivity index (χ1) is 13.4. The third kappa shape index (κ3) is 4.14. The van der Waals surface area contributed by atoms with E-state index in [1.807, 2.05) is 44.2 Å². The number of nitrogens with one attached hydrogen (secondary N) is 1. The van der Waals surface area contributed by atoms with Crippen molar-refractivity contribution in [3.8, 4) is 17.2 Å². The summed E-state index contributed by atoms with van der Waals surface area (Å²) in [6.07, 6.45) is 3.09. The van der Waals surface area contributed by atoms with Crippen molar-refractivity contribution < 1.29 is 19.0 Å². The van der Waals surface area contributed by atoms with Gasteiger partial charge in [0.05, 0.1) is 20.3 Å². The molecule has 1 heterocycles. The summed E-state index contributed by atoms with van der Waals surface area (Å²) in [5.74, 6) is 2.12. The highest BCUT2D eigenvalue weighted by Gasteiger charge is 2.35. The fourth-order valence-corrected chi connectivity index (χ4v) is 3.56. The van der Waals surface area contributed by atoms with Crippen LogP contribution in [0.5, 0.6) is 17.2 Å². The fraction of sp³-hybridized carbons (Fsp3) is 0.348. The van der Waals surface area contributed by atoms with Gasteiger partial charge in [-0.1, -0.05) is 6.08 Å². The molecule has 1 atom stereocenters. The van der Waals surface area contributed by atoms with Crippen molar-refractivity contribution in [2.75, 3.05) is 14.2 Å². The van der Waals surface area contributed by atoms with Gasteiger partial charge in [-0.3, -0.25) is 4.79 Å². The molecular weight excluding hydrogens is 354 g/mol. The zero-order chi connectivity index (χ0) is 20.3. The summed E-state index contributed by atoms with van der Waals surface area (Å²) in [5.41, 5.74) is 2.06. The number of carbonyl (C=O) groups is 1. The van der Waals surface area contributed by atoms with Gasteiger partial charge in [0.15, 0.2) is 0 Å². The van der Waals surface area contributed by atoms with Crippen LogP contribution in [-0.2, 0) is 6.42 Å². The van der Waals surface area contributed by atoms with E-state index in [4.69, 9.17) is 14.2 Å². The lowest BCUT2D eigenvalue weighted by Gasteiger charge is -2.38. The average Bonchev–Trinajstić information content (AvgIpc) is 2.67. The monoisotopic (exact) mass is 381 g/mol. The fourth-order valence-electron chi connectivity index (χ4n) is 3.56. The Labute approximate surface area is 166 Å². The number of allylic oxidation sites excluding steroid dienone is 1. The first kappa shape index (κ1) is 19.8. The number of hydrogen-bond acceptors (Lipinski definition) is 4. The average molecular weight is 381 g/mol. The third-order valence-electron chi connectivity index (χ3n) is 4.89. The first-order valence-corrected chi connectivity index (χ1v) is 9.32. The van der Waals surface area contributed by atoms with Crippen molar-refractivity contribution >= 4 is 5.91 Å². The number of amides is 1. The van der Waals surface area contributed by atoms with E-state index in [2.05, 4.69) is 11.9 Å². The smallest absolute Gasteiger partial charge is 0.251 e. The van der Waals surface area contributed by atoms with Crippen LogP contribution in [0.2, 0.25) is 0 Å². The molecule has 1 N–H and O–H groups in total. The van der Waals surface area contributed by atoms with E-state index in [0.717, 1.165) is 28.4 Å². The Kier molecular flexibility index (Phi) is 5.63. The third-order valence-corrected chi connectivity index (χ3v) is 4.89. The van der Waals surface area contributed by atoms with E-state index in [1.165, 1.54) is 0 Å². The first-order valence-electron chi connectivity index (χ1n) is 9.32. The van der Waals surface area contributed by atoms with Crippen LogP contribution in [0.1, 0.15) is 47.8 Å². The maximum absolute atomic E-state index is 13.0. The van der Waals surface area contributed by atoms with Crippen LogP contribution < -0.4 is 19.5 Å². The second-order valence-corrected chi connectivity index (χ2v) is 7.52. The number of fused-ring (bicyclic) bond motifs is 1. The van der Waals surface area contributed by atoms with Crippen molar-refractivity contribution in [3.63, 3.8) is 0 Å². The highest BCUT2D eigenvalue weighted by Crippen LogP contribution is 2.41. The van der Waals surface area contributed by atoms with Crippen LogP contribution in [0, 0.1) is 0 Å². The molecule has 3 rings (SSSR count). The van der Waals surface area contributed by atoms with Gasteiger partial charge in [-0.15, -0.1) is 6.58 Å². The van der Waals surface area contributed by atoms with E-state index in [-0.39, 0.29) is 17.6 Å². The molecule has 0 spiro atoms. The zero-order valence-corrected chi connectivity index (χ0v) is 16.9. The summed E-state index contributed by atoms with van der Waals surface area (Å²) in [4.78, 5) is 13.0. The van der Waals surface area contributed by atoms with E-state index < -0.39 is 0 Å². The van der Waals surface area contributed by atoms with E-state index in [9.17, 15) is 4.79 Å². The van der Waals surface area contributed by atoms with Gasteiger partial charge in [-0.05, 0) is 62.2 Å². The van der Waals surface area contributed by atoms with Crippen molar-refractivity contribution in [1.82, 2.24) is 5.32 Å². The summed E-state index contributed by atoms with van der Waals surface area (Å²) in [7, 11) is 3.25.